The lowest BCUT2D eigenvalue weighted by molar-refractivity contribution is 0.179. The molecule has 0 saturated carbocycles. The summed E-state index contributed by atoms with van der Waals surface area (Å²) in [7, 11) is 1.82. The molecule has 2 aromatic rings. The molecule has 0 fully saturated rings. The minimum atomic E-state index is -0.633. The second-order valence-corrected chi connectivity index (χ2v) is 6.88. The van der Waals surface area contributed by atoms with Crippen molar-refractivity contribution in [3.8, 4) is 0 Å². The van der Waals surface area contributed by atoms with Crippen LogP contribution in [0.2, 0.25) is 9.36 Å². The van der Waals surface area contributed by atoms with Crippen LogP contribution in [-0.2, 0) is 13.5 Å². The molecule has 0 bridgehead atoms. The fourth-order valence-electron chi connectivity index (χ4n) is 1.71. The molecule has 0 saturated heterocycles. The molecule has 0 aliphatic carbocycles. The van der Waals surface area contributed by atoms with E-state index in [0.717, 1.165) is 20.7 Å². The van der Waals surface area contributed by atoms with Gasteiger partial charge in [0.2, 0.25) is 0 Å². The lowest BCUT2D eigenvalue weighted by Crippen LogP contribution is -2.05. The molecule has 0 aromatic carbocycles. The van der Waals surface area contributed by atoms with Crippen LogP contribution in [0.4, 0.5) is 0 Å². The lowest BCUT2D eigenvalue weighted by Gasteiger charge is -2.09. The molecule has 0 spiro atoms. The van der Waals surface area contributed by atoms with E-state index in [9.17, 15) is 5.11 Å². The Bertz CT molecular complexity index is 562. The number of hydrogen-bond donors (Lipinski definition) is 1. The van der Waals surface area contributed by atoms with Crippen molar-refractivity contribution in [1.29, 1.82) is 0 Å². The van der Waals surface area contributed by atoms with Gasteiger partial charge in [-0.2, -0.15) is 5.10 Å². The first-order valence-corrected chi connectivity index (χ1v) is 7.57. The molecule has 7 heteroatoms. The number of aliphatic hydroxyl groups is 1. The summed E-state index contributed by atoms with van der Waals surface area (Å²) in [5.41, 5.74) is 1.59. The van der Waals surface area contributed by atoms with Crippen molar-refractivity contribution in [2.75, 3.05) is 0 Å². The second kappa shape index (κ2) is 5.51. The van der Waals surface area contributed by atoms with Crippen LogP contribution < -0.4 is 0 Å². The van der Waals surface area contributed by atoms with Gasteiger partial charge < -0.3 is 5.11 Å². The van der Waals surface area contributed by atoms with Gasteiger partial charge in [0.1, 0.15) is 4.34 Å². The molecule has 98 valence electrons. The van der Waals surface area contributed by atoms with E-state index in [4.69, 9.17) is 23.2 Å². The number of halogens is 3. The summed E-state index contributed by atoms with van der Waals surface area (Å²) in [5.74, 6) is 0. The Morgan fingerprint density at radius 3 is 2.67 bits per heavy atom. The lowest BCUT2D eigenvalue weighted by atomic mass is 10.1. The van der Waals surface area contributed by atoms with Crippen molar-refractivity contribution < 1.29 is 5.11 Å². The van der Waals surface area contributed by atoms with E-state index >= 15 is 0 Å². The third kappa shape index (κ3) is 2.75. The van der Waals surface area contributed by atoms with E-state index in [-0.39, 0.29) is 0 Å². The molecule has 2 heterocycles. The predicted octanol–water partition coefficient (Wildman–Crippen LogP) is 4.14. The van der Waals surface area contributed by atoms with Gasteiger partial charge in [-0.15, -0.1) is 11.3 Å². The van der Waals surface area contributed by atoms with Gasteiger partial charge in [0.15, 0.2) is 0 Å². The van der Waals surface area contributed by atoms with Crippen LogP contribution in [0.5, 0.6) is 0 Å². The van der Waals surface area contributed by atoms with Crippen molar-refractivity contribution in [3.05, 3.63) is 36.2 Å². The monoisotopic (exact) mass is 368 g/mol. The van der Waals surface area contributed by atoms with Crippen molar-refractivity contribution in [2.24, 2.45) is 7.05 Å². The zero-order chi connectivity index (χ0) is 13.4. The SMILES string of the molecule is Cc1nn(C)c(CC(O)c2cc(Br)c(Cl)s2)c1Cl. The fourth-order valence-corrected chi connectivity index (χ4v) is 3.67. The van der Waals surface area contributed by atoms with Crippen LogP contribution in [0.15, 0.2) is 10.5 Å². The summed E-state index contributed by atoms with van der Waals surface area (Å²) in [6.45, 7) is 1.84. The minimum Gasteiger partial charge on any atom is -0.387 e. The van der Waals surface area contributed by atoms with E-state index in [1.807, 2.05) is 20.0 Å². The molecule has 18 heavy (non-hydrogen) atoms. The highest BCUT2D eigenvalue weighted by molar-refractivity contribution is 9.10. The number of aromatic nitrogens is 2. The van der Waals surface area contributed by atoms with Crippen molar-refractivity contribution >= 4 is 50.5 Å². The number of thiophene rings is 1. The topological polar surface area (TPSA) is 38.0 Å². The Kier molecular flexibility index (Phi) is 4.39. The smallest absolute Gasteiger partial charge is 0.107 e. The highest BCUT2D eigenvalue weighted by Gasteiger charge is 2.19. The minimum absolute atomic E-state index is 0.416. The summed E-state index contributed by atoms with van der Waals surface area (Å²) < 4.78 is 3.14. The first kappa shape index (κ1) is 14.3. The van der Waals surface area contributed by atoms with Gasteiger partial charge in [-0.05, 0) is 28.9 Å². The molecule has 1 atom stereocenters. The highest BCUT2D eigenvalue weighted by atomic mass is 79.9. The molecule has 0 amide bonds. The molecule has 2 aromatic heterocycles. The number of rotatable bonds is 3. The molecule has 1 unspecified atom stereocenters. The normalized spacial score (nSPS) is 13.0. The molecule has 0 aliphatic heterocycles. The van der Waals surface area contributed by atoms with Crippen LogP contribution >= 0.6 is 50.5 Å². The first-order valence-electron chi connectivity index (χ1n) is 5.21. The van der Waals surface area contributed by atoms with E-state index in [1.54, 1.807) is 4.68 Å². The van der Waals surface area contributed by atoms with Crippen LogP contribution in [0, 0.1) is 6.92 Å². The van der Waals surface area contributed by atoms with Gasteiger partial charge in [-0.1, -0.05) is 23.2 Å². The molecule has 3 nitrogen and oxygen atoms in total. The van der Waals surface area contributed by atoms with Crippen LogP contribution in [0.3, 0.4) is 0 Å². The third-order valence-electron chi connectivity index (χ3n) is 2.64. The maximum atomic E-state index is 10.2. The quantitative estimate of drug-likeness (QED) is 0.882. The average molecular weight is 370 g/mol. The first-order chi connectivity index (χ1) is 8.40. The van der Waals surface area contributed by atoms with Crippen LogP contribution in [0.1, 0.15) is 22.4 Å². The van der Waals surface area contributed by atoms with E-state index < -0.39 is 6.10 Å². The predicted molar refractivity (Wildman–Crippen MR) is 78.6 cm³/mol. The Balaban J connectivity index is 2.23. The van der Waals surface area contributed by atoms with Gasteiger partial charge in [0.05, 0.1) is 22.5 Å². The van der Waals surface area contributed by atoms with Crippen LogP contribution in [0.25, 0.3) is 0 Å². The third-order valence-corrected chi connectivity index (χ3v) is 5.71. The van der Waals surface area contributed by atoms with E-state index in [1.165, 1.54) is 11.3 Å². The fraction of sp³-hybridized carbons (Fsp3) is 0.364. The summed E-state index contributed by atoms with van der Waals surface area (Å²) in [5, 5.41) is 15.0. The van der Waals surface area contributed by atoms with Crippen LogP contribution in [-0.4, -0.2) is 14.9 Å². The zero-order valence-corrected chi connectivity index (χ0v) is 13.7. The Morgan fingerprint density at radius 2 is 2.22 bits per heavy atom. The summed E-state index contributed by atoms with van der Waals surface area (Å²) in [4.78, 5) is 0.807. The standard InChI is InChI=1S/C11H11BrCl2N2OS/c1-5-10(13)7(16(2)15-5)4-8(17)9-3-6(12)11(14)18-9/h3,8,17H,4H2,1-2H3. The Hall–Kier alpha value is -0.0700. The van der Waals surface area contributed by atoms with Crippen molar-refractivity contribution in [2.45, 2.75) is 19.4 Å². The average Bonchev–Trinajstić information content (AvgIpc) is 2.75. The molecular weight excluding hydrogens is 359 g/mol. The maximum absolute atomic E-state index is 10.2. The van der Waals surface area contributed by atoms with E-state index in [0.29, 0.717) is 15.8 Å². The highest BCUT2D eigenvalue weighted by Crippen LogP contribution is 2.36. The van der Waals surface area contributed by atoms with Gasteiger partial charge in [0.25, 0.3) is 0 Å². The Morgan fingerprint density at radius 1 is 1.56 bits per heavy atom. The number of aliphatic hydroxyl groups excluding tert-OH is 1. The summed E-state index contributed by atoms with van der Waals surface area (Å²) in [6, 6.07) is 1.83. The second-order valence-electron chi connectivity index (χ2n) is 3.96. The number of aryl methyl sites for hydroxylation is 2. The summed E-state index contributed by atoms with van der Waals surface area (Å²) >= 11 is 16.8. The van der Waals surface area contributed by atoms with Crippen molar-refractivity contribution in [1.82, 2.24) is 9.78 Å². The van der Waals surface area contributed by atoms with Gasteiger partial charge in [-0.25, -0.2) is 0 Å². The number of nitrogens with zero attached hydrogens (tertiary/aromatic N) is 2. The maximum Gasteiger partial charge on any atom is 0.107 e. The largest absolute Gasteiger partial charge is 0.387 e. The Labute approximate surface area is 127 Å². The molecule has 2 rings (SSSR count). The number of hydrogen-bond acceptors (Lipinski definition) is 3. The van der Waals surface area contributed by atoms with Gasteiger partial charge in [-0.3, -0.25) is 4.68 Å². The van der Waals surface area contributed by atoms with E-state index in [2.05, 4.69) is 21.0 Å². The molecule has 1 N–H and O–H groups in total. The molecular formula is C11H11BrCl2N2OS. The van der Waals surface area contributed by atoms with Gasteiger partial charge in [0, 0.05) is 22.8 Å². The summed E-state index contributed by atoms with van der Waals surface area (Å²) in [6.07, 6.45) is -0.217. The molecule has 0 aliphatic rings. The van der Waals surface area contributed by atoms with Gasteiger partial charge >= 0.3 is 0 Å². The van der Waals surface area contributed by atoms with Crippen molar-refractivity contribution in [3.63, 3.8) is 0 Å². The zero-order valence-electron chi connectivity index (χ0n) is 9.75. The molecule has 0 radical (unpaired) electrons.